The molecule has 30 heavy (non-hydrogen) atoms. The Bertz CT molecular complexity index is 1010. The quantitative estimate of drug-likeness (QED) is 0.307. The lowest BCUT2D eigenvalue weighted by Crippen LogP contribution is -2.46. The van der Waals surface area contributed by atoms with Crippen LogP contribution in [0.3, 0.4) is 0 Å². The summed E-state index contributed by atoms with van der Waals surface area (Å²) in [7, 11) is 1.77. The smallest absolute Gasteiger partial charge is 0.235 e. The first-order valence-electron chi connectivity index (χ1n) is 9.58. The second kappa shape index (κ2) is 9.13. The molecule has 1 fully saturated rings. The topological polar surface area (TPSA) is 116 Å². The van der Waals surface area contributed by atoms with E-state index in [-0.39, 0.29) is 17.6 Å². The third-order valence-corrected chi connectivity index (χ3v) is 5.72. The van der Waals surface area contributed by atoms with Crippen molar-refractivity contribution in [1.29, 1.82) is 5.41 Å². The van der Waals surface area contributed by atoms with Gasteiger partial charge < -0.3 is 21.7 Å². The molecule has 1 aliphatic carbocycles. The third-order valence-electron chi connectivity index (χ3n) is 5.29. The maximum Gasteiger partial charge on any atom is 0.235 e. The highest BCUT2D eigenvalue weighted by Crippen LogP contribution is 2.45. The molecule has 7 nitrogen and oxygen atoms in total. The number of carbonyl (C=O) groups excluding carboxylic acids is 1. The van der Waals surface area contributed by atoms with Crippen molar-refractivity contribution in [2.45, 2.75) is 24.7 Å². The number of hydrogen-bond acceptors (Lipinski definition) is 5. The minimum Gasteiger partial charge on any atom is -0.394 e. The second-order valence-corrected chi connectivity index (χ2v) is 8.06. The number of pyridine rings is 1. The number of halogens is 1. The average Bonchev–Trinajstić information content (AvgIpc) is 2.69. The van der Waals surface area contributed by atoms with Gasteiger partial charge in [-0.25, -0.2) is 4.98 Å². The van der Waals surface area contributed by atoms with Gasteiger partial charge in [0, 0.05) is 23.4 Å². The van der Waals surface area contributed by atoms with Crippen LogP contribution in [0.5, 0.6) is 0 Å². The summed E-state index contributed by atoms with van der Waals surface area (Å²) in [6, 6.07) is 7.53. The van der Waals surface area contributed by atoms with E-state index in [1.165, 1.54) is 0 Å². The maximum atomic E-state index is 13.3. The number of amides is 1. The molecule has 1 aromatic heterocycles. The van der Waals surface area contributed by atoms with Crippen LogP contribution in [0.1, 0.15) is 30.4 Å². The molecule has 0 saturated heterocycles. The normalized spacial score (nSPS) is 14.6. The lowest BCUT2D eigenvalue weighted by atomic mass is 9.63. The Hall–Kier alpha value is -3.13. The van der Waals surface area contributed by atoms with Gasteiger partial charge in [-0.05, 0) is 70.4 Å². The van der Waals surface area contributed by atoms with Gasteiger partial charge in [0.25, 0.3) is 0 Å². The molecule has 156 valence electrons. The number of amidine groups is 1. The highest BCUT2D eigenvalue weighted by atomic mass is 79.9. The molecule has 6 N–H and O–H groups in total. The molecular formula is C22H25BrN6O. The zero-order valence-electron chi connectivity index (χ0n) is 16.8. The Kier molecular flexibility index (Phi) is 6.56. The van der Waals surface area contributed by atoms with Crippen LogP contribution in [0.15, 0.2) is 53.8 Å². The summed E-state index contributed by atoms with van der Waals surface area (Å²) < 4.78 is 0.744. The van der Waals surface area contributed by atoms with Crippen molar-refractivity contribution < 1.29 is 4.79 Å². The standard InChI is InChI=1S/C22H25BrN6O/c1-3-14-11-15(5-6-17(14)28-19(24)7-10-26-2)22(8-4-9-22)21(30)29-18-12-16(23)13-27-20(18)25/h3,5-7,10-13,26H,1,4,8-9H2,2H3,(H2,24,28)(H2,25,27)(H,29,30)/b10-7-. The molecule has 2 aromatic rings. The number of anilines is 3. The zero-order valence-corrected chi connectivity index (χ0v) is 18.3. The fourth-order valence-corrected chi connectivity index (χ4v) is 3.80. The van der Waals surface area contributed by atoms with Gasteiger partial charge in [0.2, 0.25) is 5.91 Å². The summed E-state index contributed by atoms with van der Waals surface area (Å²) in [4.78, 5) is 17.3. The molecule has 0 unspecified atom stereocenters. The van der Waals surface area contributed by atoms with Crippen LogP contribution in [0, 0.1) is 5.41 Å². The van der Waals surface area contributed by atoms with Gasteiger partial charge in [0.15, 0.2) is 0 Å². The van der Waals surface area contributed by atoms with Gasteiger partial charge in [-0.3, -0.25) is 10.2 Å². The molecule has 0 bridgehead atoms. The highest BCUT2D eigenvalue weighted by Gasteiger charge is 2.46. The zero-order chi connectivity index (χ0) is 21.7. The van der Waals surface area contributed by atoms with Gasteiger partial charge in [-0.2, -0.15) is 0 Å². The van der Waals surface area contributed by atoms with E-state index in [1.807, 2.05) is 18.2 Å². The van der Waals surface area contributed by atoms with Crippen LogP contribution in [-0.2, 0) is 10.2 Å². The largest absolute Gasteiger partial charge is 0.394 e. The number of aromatic nitrogens is 1. The van der Waals surface area contributed by atoms with Crippen LogP contribution in [0.4, 0.5) is 17.2 Å². The van der Waals surface area contributed by atoms with Crippen molar-refractivity contribution in [3.63, 3.8) is 0 Å². The maximum absolute atomic E-state index is 13.3. The Balaban J connectivity index is 1.87. The Morgan fingerprint density at radius 3 is 2.70 bits per heavy atom. The van der Waals surface area contributed by atoms with Gasteiger partial charge in [-0.15, -0.1) is 0 Å². The number of rotatable bonds is 7. The summed E-state index contributed by atoms with van der Waals surface area (Å²) >= 11 is 3.36. The molecule has 0 radical (unpaired) electrons. The lowest BCUT2D eigenvalue weighted by Gasteiger charge is -2.41. The second-order valence-electron chi connectivity index (χ2n) is 7.14. The van der Waals surface area contributed by atoms with Crippen molar-refractivity contribution in [2.24, 2.45) is 0 Å². The predicted molar refractivity (Wildman–Crippen MR) is 127 cm³/mol. The van der Waals surface area contributed by atoms with Crippen LogP contribution < -0.4 is 21.7 Å². The fraction of sp³-hybridized carbons (Fsp3) is 0.227. The number of nitrogen functional groups attached to an aromatic ring is 1. The molecule has 1 saturated carbocycles. The fourth-order valence-electron chi connectivity index (χ4n) is 3.47. The summed E-state index contributed by atoms with van der Waals surface area (Å²) in [6.45, 7) is 3.89. The van der Waals surface area contributed by atoms with E-state index in [0.29, 0.717) is 5.69 Å². The SMILES string of the molecule is C=Cc1cc(C2(C(=O)Nc3cc(Br)cnc3N)CCC2)ccc1NC(=N)/C=C\NC. The van der Waals surface area contributed by atoms with Crippen LogP contribution in [0.2, 0.25) is 0 Å². The van der Waals surface area contributed by atoms with Crippen molar-refractivity contribution in [2.75, 3.05) is 23.4 Å². The molecule has 0 spiro atoms. The minimum absolute atomic E-state index is 0.0965. The van der Waals surface area contributed by atoms with Crippen molar-refractivity contribution >= 4 is 50.9 Å². The van der Waals surface area contributed by atoms with Crippen LogP contribution in [0.25, 0.3) is 6.08 Å². The lowest BCUT2D eigenvalue weighted by molar-refractivity contribution is -0.124. The number of carbonyl (C=O) groups is 1. The molecule has 1 amide bonds. The first-order chi connectivity index (χ1) is 14.4. The summed E-state index contributed by atoms with van der Waals surface area (Å²) in [5, 5.41) is 16.9. The van der Waals surface area contributed by atoms with E-state index in [9.17, 15) is 4.79 Å². The van der Waals surface area contributed by atoms with E-state index in [0.717, 1.165) is 40.5 Å². The third kappa shape index (κ3) is 4.38. The van der Waals surface area contributed by atoms with E-state index in [2.05, 4.69) is 43.4 Å². The molecule has 1 aliphatic rings. The molecule has 8 heteroatoms. The summed E-state index contributed by atoms with van der Waals surface area (Å²) in [6.07, 6.45) is 9.10. The predicted octanol–water partition coefficient (Wildman–Crippen LogP) is 4.25. The number of nitrogens with two attached hydrogens (primary N) is 1. The number of hydrogen-bond donors (Lipinski definition) is 5. The first-order valence-corrected chi connectivity index (χ1v) is 10.4. The van der Waals surface area contributed by atoms with E-state index in [1.54, 1.807) is 37.7 Å². The monoisotopic (exact) mass is 468 g/mol. The van der Waals surface area contributed by atoms with Crippen molar-refractivity contribution in [1.82, 2.24) is 10.3 Å². The molecule has 0 aliphatic heterocycles. The molecule has 0 atom stereocenters. The van der Waals surface area contributed by atoms with Crippen molar-refractivity contribution in [3.05, 3.63) is 64.9 Å². The van der Waals surface area contributed by atoms with Gasteiger partial charge in [0.05, 0.1) is 11.1 Å². The molecule has 3 rings (SSSR count). The Morgan fingerprint density at radius 1 is 1.30 bits per heavy atom. The molecule has 1 aromatic carbocycles. The number of benzene rings is 1. The van der Waals surface area contributed by atoms with E-state index in [4.69, 9.17) is 11.1 Å². The first kappa shape index (κ1) is 21.6. The Morgan fingerprint density at radius 2 is 2.07 bits per heavy atom. The van der Waals surface area contributed by atoms with Gasteiger partial charge in [0.1, 0.15) is 11.7 Å². The van der Waals surface area contributed by atoms with E-state index < -0.39 is 5.41 Å². The molecular weight excluding hydrogens is 444 g/mol. The van der Waals surface area contributed by atoms with Crippen LogP contribution in [-0.4, -0.2) is 23.8 Å². The van der Waals surface area contributed by atoms with Gasteiger partial charge >= 0.3 is 0 Å². The van der Waals surface area contributed by atoms with Gasteiger partial charge in [-0.1, -0.05) is 25.1 Å². The van der Waals surface area contributed by atoms with Crippen molar-refractivity contribution in [3.8, 4) is 0 Å². The van der Waals surface area contributed by atoms with Crippen LogP contribution >= 0.6 is 15.9 Å². The summed E-state index contributed by atoms with van der Waals surface area (Å²) in [5.74, 6) is 0.426. The summed E-state index contributed by atoms with van der Waals surface area (Å²) in [5.41, 5.74) is 8.31. The average molecular weight is 469 g/mol. The molecule has 1 heterocycles. The minimum atomic E-state index is -0.620. The highest BCUT2D eigenvalue weighted by molar-refractivity contribution is 9.10. The Labute approximate surface area is 184 Å². The number of nitrogens with zero attached hydrogens (tertiary/aromatic N) is 1. The van der Waals surface area contributed by atoms with E-state index >= 15 is 0 Å². The number of nitrogens with one attached hydrogen (secondary N) is 4.